The number of hydrogen-bond acceptors (Lipinski definition) is 7. The molecule has 0 aliphatic carbocycles. The molecule has 0 aliphatic heterocycles. The van der Waals surface area contributed by atoms with Crippen molar-refractivity contribution in [1.29, 1.82) is 0 Å². The Kier molecular flexibility index (Phi) is 5.20. The molecule has 3 rings (SSSR count). The van der Waals surface area contributed by atoms with Gasteiger partial charge >= 0.3 is 0 Å². The van der Waals surface area contributed by atoms with Crippen molar-refractivity contribution < 1.29 is 9.26 Å². The van der Waals surface area contributed by atoms with Crippen molar-refractivity contribution in [2.24, 2.45) is 0 Å². The molecule has 0 fully saturated rings. The number of methoxy groups -OCH3 is 1. The summed E-state index contributed by atoms with van der Waals surface area (Å²) < 4.78 is 11.3. The molecule has 1 aromatic carbocycles. The summed E-state index contributed by atoms with van der Waals surface area (Å²) in [6, 6.07) is 11.6. The van der Waals surface area contributed by atoms with E-state index in [0.717, 1.165) is 11.3 Å². The predicted molar refractivity (Wildman–Crippen MR) is 91.2 cm³/mol. The van der Waals surface area contributed by atoms with Crippen LogP contribution in [0.25, 0.3) is 0 Å². The van der Waals surface area contributed by atoms with Crippen molar-refractivity contribution in [3.8, 4) is 0 Å². The van der Waals surface area contributed by atoms with Crippen LogP contribution in [0, 0.1) is 0 Å². The Balaban J connectivity index is 1.70. The summed E-state index contributed by atoms with van der Waals surface area (Å²) in [6.45, 7) is 1.07. The van der Waals surface area contributed by atoms with E-state index < -0.39 is 0 Å². The van der Waals surface area contributed by atoms with Crippen LogP contribution < -0.4 is 10.5 Å². The van der Waals surface area contributed by atoms with Gasteiger partial charge in [0.2, 0.25) is 5.89 Å². The van der Waals surface area contributed by atoms with Crippen LogP contribution in [0.5, 0.6) is 0 Å². The molecule has 0 aliphatic rings. The molecule has 0 bridgehead atoms. The maximum Gasteiger partial charge on any atom is 0.269 e. The van der Waals surface area contributed by atoms with E-state index >= 15 is 0 Å². The van der Waals surface area contributed by atoms with E-state index in [0.29, 0.717) is 18.3 Å². The highest BCUT2D eigenvalue weighted by Crippen LogP contribution is 2.12. The van der Waals surface area contributed by atoms with Gasteiger partial charge in [-0.25, -0.2) is 4.68 Å². The number of benzene rings is 1. The van der Waals surface area contributed by atoms with Crippen LogP contribution >= 0.6 is 0 Å². The maximum absolute atomic E-state index is 12.3. The van der Waals surface area contributed by atoms with Gasteiger partial charge in [-0.1, -0.05) is 35.5 Å². The van der Waals surface area contributed by atoms with Crippen molar-refractivity contribution in [3.05, 3.63) is 70.2 Å². The van der Waals surface area contributed by atoms with E-state index in [1.807, 2.05) is 42.3 Å². The summed E-state index contributed by atoms with van der Waals surface area (Å²) in [7, 11) is 3.47. The summed E-state index contributed by atoms with van der Waals surface area (Å²) in [4.78, 5) is 18.4. The molecule has 8 nitrogen and oxygen atoms in total. The minimum Gasteiger partial charge on any atom is -0.377 e. The van der Waals surface area contributed by atoms with Gasteiger partial charge in [-0.3, -0.25) is 4.79 Å². The quantitative estimate of drug-likeness (QED) is 0.643. The Bertz CT molecular complexity index is 875. The summed E-state index contributed by atoms with van der Waals surface area (Å²) in [6.07, 6.45) is 1.65. The molecule has 25 heavy (non-hydrogen) atoms. The van der Waals surface area contributed by atoms with Crippen molar-refractivity contribution in [2.75, 3.05) is 19.1 Å². The molecule has 0 saturated heterocycles. The van der Waals surface area contributed by atoms with Crippen molar-refractivity contribution >= 4 is 5.69 Å². The average molecular weight is 341 g/mol. The summed E-state index contributed by atoms with van der Waals surface area (Å²) >= 11 is 0. The van der Waals surface area contributed by atoms with E-state index in [4.69, 9.17) is 9.26 Å². The Morgan fingerprint density at radius 3 is 2.80 bits per heavy atom. The third-order valence-corrected chi connectivity index (χ3v) is 3.63. The molecule has 0 atom stereocenters. The highest BCUT2D eigenvalue weighted by atomic mass is 16.5. The van der Waals surface area contributed by atoms with Gasteiger partial charge in [0.1, 0.15) is 13.2 Å². The third-order valence-electron chi connectivity index (χ3n) is 3.63. The molecule has 3 aromatic rings. The van der Waals surface area contributed by atoms with Gasteiger partial charge in [0.05, 0.1) is 11.9 Å². The number of rotatable bonds is 7. The zero-order valence-electron chi connectivity index (χ0n) is 14.1. The number of aromatic nitrogens is 4. The normalized spacial score (nSPS) is 10.8. The standard InChI is InChI=1S/C17H19N5O3/c1-21(10-13-6-4-3-5-7-13)14-8-17(23)22(18-9-14)11-16-19-15(12-24-2)20-25-16/h3-9H,10-12H2,1-2H3. The first-order chi connectivity index (χ1) is 12.2. The Labute approximate surface area is 144 Å². The molecule has 130 valence electrons. The van der Waals surface area contributed by atoms with E-state index in [1.165, 1.54) is 4.68 Å². The van der Waals surface area contributed by atoms with E-state index in [2.05, 4.69) is 15.2 Å². The highest BCUT2D eigenvalue weighted by Gasteiger charge is 2.10. The van der Waals surface area contributed by atoms with Gasteiger partial charge in [0.25, 0.3) is 5.56 Å². The summed E-state index contributed by atoms with van der Waals surface area (Å²) in [5.74, 6) is 0.747. The lowest BCUT2D eigenvalue weighted by molar-refractivity contribution is 0.174. The van der Waals surface area contributed by atoms with Gasteiger partial charge in [-0.15, -0.1) is 0 Å². The number of nitrogens with zero attached hydrogens (tertiary/aromatic N) is 5. The van der Waals surface area contributed by atoms with E-state index in [9.17, 15) is 4.79 Å². The Morgan fingerprint density at radius 1 is 1.28 bits per heavy atom. The molecule has 0 spiro atoms. The monoisotopic (exact) mass is 341 g/mol. The lowest BCUT2D eigenvalue weighted by atomic mass is 10.2. The number of anilines is 1. The maximum atomic E-state index is 12.3. The summed E-state index contributed by atoms with van der Waals surface area (Å²) in [5.41, 5.74) is 1.67. The second kappa shape index (κ2) is 7.71. The van der Waals surface area contributed by atoms with E-state index in [-0.39, 0.29) is 18.7 Å². The zero-order chi connectivity index (χ0) is 17.6. The van der Waals surface area contributed by atoms with Gasteiger partial charge in [0, 0.05) is 26.8 Å². The zero-order valence-corrected chi connectivity index (χ0v) is 14.1. The SMILES string of the molecule is COCc1noc(Cn2ncc(N(C)Cc3ccccc3)cc2=O)n1. The molecular weight excluding hydrogens is 322 g/mol. The predicted octanol–water partition coefficient (Wildman–Crippen LogP) is 1.46. The van der Waals surface area contributed by atoms with Crippen LogP contribution in [-0.2, 0) is 24.4 Å². The first kappa shape index (κ1) is 16.8. The topological polar surface area (TPSA) is 86.3 Å². The molecular formula is C17H19N5O3. The molecule has 2 heterocycles. The van der Waals surface area contributed by atoms with Crippen LogP contribution in [0.2, 0.25) is 0 Å². The molecule has 0 N–H and O–H groups in total. The van der Waals surface area contributed by atoms with E-state index in [1.54, 1.807) is 19.4 Å². The lowest BCUT2D eigenvalue weighted by Gasteiger charge is -2.19. The van der Waals surface area contributed by atoms with Crippen molar-refractivity contribution in [2.45, 2.75) is 19.7 Å². The summed E-state index contributed by atoms with van der Waals surface area (Å²) in [5, 5.41) is 7.96. The molecule has 0 unspecified atom stereocenters. The Morgan fingerprint density at radius 2 is 2.08 bits per heavy atom. The molecule has 0 amide bonds. The first-order valence-electron chi connectivity index (χ1n) is 7.78. The third kappa shape index (κ3) is 4.30. The van der Waals surface area contributed by atoms with Crippen LogP contribution in [0.1, 0.15) is 17.3 Å². The molecule has 8 heteroatoms. The number of ether oxygens (including phenoxy) is 1. The minimum absolute atomic E-state index is 0.123. The molecule has 0 saturated carbocycles. The second-order valence-electron chi connectivity index (χ2n) is 5.59. The average Bonchev–Trinajstić information content (AvgIpc) is 3.05. The first-order valence-corrected chi connectivity index (χ1v) is 7.78. The van der Waals surface area contributed by atoms with Crippen LogP contribution in [0.3, 0.4) is 0 Å². The van der Waals surface area contributed by atoms with Crippen molar-refractivity contribution in [1.82, 2.24) is 19.9 Å². The van der Waals surface area contributed by atoms with Gasteiger partial charge < -0.3 is 14.2 Å². The second-order valence-corrected chi connectivity index (χ2v) is 5.59. The van der Waals surface area contributed by atoms with Gasteiger partial charge in [-0.2, -0.15) is 10.1 Å². The fourth-order valence-corrected chi connectivity index (χ4v) is 2.37. The van der Waals surface area contributed by atoms with Crippen LogP contribution in [0.15, 0.2) is 51.9 Å². The minimum atomic E-state index is -0.232. The fourth-order valence-electron chi connectivity index (χ4n) is 2.37. The molecule has 0 radical (unpaired) electrons. The number of hydrogen-bond donors (Lipinski definition) is 0. The van der Waals surface area contributed by atoms with Crippen molar-refractivity contribution in [3.63, 3.8) is 0 Å². The van der Waals surface area contributed by atoms with Crippen LogP contribution in [-0.4, -0.2) is 34.1 Å². The highest BCUT2D eigenvalue weighted by molar-refractivity contribution is 5.42. The fraction of sp³-hybridized carbons (Fsp3) is 0.294. The van der Waals surface area contributed by atoms with Crippen LogP contribution in [0.4, 0.5) is 5.69 Å². The largest absolute Gasteiger partial charge is 0.377 e. The lowest BCUT2D eigenvalue weighted by Crippen LogP contribution is -2.26. The van der Waals surface area contributed by atoms with Gasteiger partial charge in [-0.05, 0) is 5.56 Å². The Hall–Kier alpha value is -3.00. The molecule has 2 aromatic heterocycles. The van der Waals surface area contributed by atoms with Gasteiger partial charge in [0.15, 0.2) is 5.82 Å². The smallest absolute Gasteiger partial charge is 0.269 e.